The van der Waals surface area contributed by atoms with Gasteiger partial charge >= 0.3 is 0 Å². The second-order valence-corrected chi connectivity index (χ2v) is 6.04. The topological polar surface area (TPSA) is 74.3 Å². The number of ether oxygens (including phenoxy) is 1. The van der Waals surface area contributed by atoms with Gasteiger partial charge in [-0.05, 0) is 33.0 Å². The van der Waals surface area contributed by atoms with Gasteiger partial charge in [-0.1, -0.05) is 19.1 Å². The number of aromatic nitrogens is 3. The van der Waals surface area contributed by atoms with Crippen molar-refractivity contribution in [2.45, 2.75) is 45.4 Å². The van der Waals surface area contributed by atoms with E-state index >= 15 is 0 Å². The Morgan fingerprint density at radius 1 is 1.33 bits per heavy atom. The van der Waals surface area contributed by atoms with Crippen molar-refractivity contribution in [2.75, 3.05) is 13.1 Å². The first-order valence-electron chi connectivity index (χ1n) is 7.43. The maximum Gasteiger partial charge on any atom is 0.131 e. The van der Waals surface area contributed by atoms with E-state index in [2.05, 4.69) is 34.2 Å². The van der Waals surface area contributed by atoms with Gasteiger partial charge in [0.05, 0.1) is 11.6 Å². The van der Waals surface area contributed by atoms with Gasteiger partial charge < -0.3 is 9.84 Å². The molecule has 0 saturated heterocycles. The minimum atomic E-state index is -0.641. The lowest BCUT2D eigenvalue weighted by molar-refractivity contribution is -0.0917. The van der Waals surface area contributed by atoms with Crippen LogP contribution in [0.15, 0.2) is 12.1 Å². The quantitative estimate of drug-likeness (QED) is 0.902. The zero-order valence-electron chi connectivity index (χ0n) is 12.9. The Morgan fingerprint density at radius 2 is 2.05 bits per heavy atom. The van der Waals surface area contributed by atoms with E-state index in [1.807, 2.05) is 26.0 Å². The van der Waals surface area contributed by atoms with Gasteiger partial charge in [0.2, 0.25) is 0 Å². The third-order valence-electron chi connectivity index (χ3n) is 4.37. The van der Waals surface area contributed by atoms with E-state index in [0.29, 0.717) is 0 Å². The number of nitrogens with one attached hydrogen (secondary N) is 1. The molecule has 2 heterocycles. The van der Waals surface area contributed by atoms with Gasteiger partial charge in [-0.3, -0.25) is 10.00 Å². The Bertz CT molecular complexity index is 648. The molecular weight excluding hydrogens is 268 g/mol. The lowest BCUT2D eigenvalue weighted by atomic mass is 9.85. The molecule has 0 bridgehead atoms. The standard InChI is InChI=1S/C15H22N4O2/c1-5-19(6-2)13-9-7-10-11(17-18-16-10)8-12(9)21-15(3,4)14(13)20/h7-8,13-14,20H,5-6H2,1-4H3,(H,16,17,18). The minimum absolute atomic E-state index is 0.0913. The Hall–Kier alpha value is -1.66. The fourth-order valence-electron chi connectivity index (χ4n) is 3.12. The summed E-state index contributed by atoms with van der Waals surface area (Å²) in [6.45, 7) is 9.79. The smallest absolute Gasteiger partial charge is 0.131 e. The molecule has 2 atom stereocenters. The molecule has 21 heavy (non-hydrogen) atoms. The molecule has 1 aromatic carbocycles. The van der Waals surface area contributed by atoms with Gasteiger partial charge in [0.1, 0.15) is 23.0 Å². The number of nitrogens with zero attached hydrogens (tertiary/aromatic N) is 3. The highest BCUT2D eigenvalue weighted by atomic mass is 16.5. The van der Waals surface area contributed by atoms with Gasteiger partial charge in [0, 0.05) is 11.6 Å². The van der Waals surface area contributed by atoms with Crippen molar-refractivity contribution < 1.29 is 9.84 Å². The van der Waals surface area contributed by atoms with Crippen molar-refractivity contribution in [2.24, 2.45) is 0 Å². The maximum absolute atomic E-state index is 10.8. The number of H-pyrrole nitrogens is 1. The summed E-state index contributed by atoms with van der Waals surface area (Å²) in [7, 11) is 0. The molecule has 0 saturated carbocycles. The zero-order valence-corrected chi connectivity index (χ0v) is 12.9. The molecule has 0 aliphatic carbocycles. The summed E-state index contributed by atoms with van der Waals surface area (Å²) >= 11 is 0. The lowest BCUT2D eigenvalue weighted by Gasteiger charge is -2.46. The van der Waals surface area contributed by atoms with Crippen LogP contribution in [-0.2, 0) is 0 Å². The Morgan fingerprint density at radius 3 is 2.71 bits per heavy atom. The average molecular weight is 290 g/mol. The van der Waals surface area contributed by atoms with E-state index in [1.165, 1.54) is 0 Å². The van der Waals surface area contributed by atoms with Crippen LogP contribution in [0.4, 0.5) is 0 Å². The Balaban J connectivity index is 2.18. The molecule has 0 fully saturated rings. The fourth-order valence-corrected chi connectivity index (χ4v) is 3.12. The molecule has 2 unspecified atom stereocenters. The molecular formula is C15H22N4O2. The molecule has 0 spiro atoms. The largest absolute Gasteiger partial charge is 0.485 e. The number of aliphatic hydroxyl groups excluding tert-OH is 1. The van der Waals surface area contributed by atoms with Gasteiger partial charge in [-0.2, -0.15) is 0 Å². The summed E-state index contributed by atoms with van der Waals surface area (Å²) in [5, 5.41) is 21.5. The molecule has 1 aromatic heterocycles. The van der Waals surface area contributed by atoms with Crippen LogP contribution in [0.5, 0.6) is 5.75 Å². The van der Waals surface area contributed by atoms with Gasteiger partial charge in [-0.15, -0.1) is 5.10 Å². The normalized spacial score (nSPS) is 24.1. The first-order valence-corrected chi connectivity index (χ1v) is 7.43. The molecule has 6 heteroatoms. The lowest BCUT2D eigenvalue weighted by Crippen LogP contribution is -2.53. The van der Waals surface area contributed by atoms with Crippen molar-refractivity contribution in [1.29, 1.82) is 0 Å². The van der Waals surface area contributed by atoms with E-state index in [0.717, 1.165) is 35.4 Å². The molecule has 0 amide bonds. The molecule has 6 nitrogen and oxygen atoms in total. The SMILES string of the molecule is CCN(CC)C1c2cc3[nH]nnc3cc2OC(C)(C)C1O. The van der Waals surface area contributed by atoms with Crippen LogP contribution in [0.2, 0.25) is 0 Å². The van der Waals surface area contributed by atoms with Crippen molar-refractivity contribution >= 4 is 11.0 Å². The number of aromatic amines is 1. The van der Waals surface area contributed by atoms with Crippen LogP contribution in [0.25, 0.3) is 11.0 Å². The monoisotopic (exact) mass is 290 g/mol. The molecule has 0 radical (unpaired) electrons. The van der Waals surface area contributed by atoms with Crippen molar-refractivity contribution in [3.8, 4) is 5.75 Å². The van der Waals surface area contributed by atoms with Crippen LogP contribution in [-0.4, -0.2) is 50.2 Å². The first kappa shape index (κ1) is 14.3. The number of aliphatic hydroxyl groups is 1. The summed E-state index contributed by atoms with van der Waals surface area (Å²) < 4.78 is 6.02. The molecule has 114 valence electrons. The highest BCUT2D eigenvalue weighted by Crippen LogP contribution is 2.43. The van der Waals surface area contributed by atoms with Crippen LogP contribution in [0, 0.1) is 0 Å². The molecule has 2 N–H and O–H groups in total. The van der Waals surface area contributed by atoms with E-state index in [9.17, 15) is 5.11 Å². The maximum atomic E-state index is 10.8. The molecule has 2 aromatic rings. The third kappa shape index (κ3) is 2.18. The van der Waals surface area contributed by atoms with Crippen LogP contribution < -0.4 is 4.74 Å². The van der Waals surface area contributed by atoms with E-state index in [-0.39, 0.29) is 6.04 Å². The highest BCUT2D eigenvalue weighted by molar-refractivity contribution is 5.77. The van der Waals surface area contributed by atoms with Crippen molar-refractivity contribution in [3.63, 3.8) is 0 Å². The van der Waals surface area contributed by atoms with E-state index in [4.69, 9.17) is 4.74 Å². The van der Waals surface area contributed by atoms with E-state index < -0.39 is 11.7 Å². The van der Waals surface area contributed by atoms with Gasteiger partial charge in [-0.25, -0.2) is 0 Å². The molecule has 3 rings (SSSR count). The predicted octanol–water partition coefficient (Wildman–Crippen LogP) is 1.87. The number of likely N-dealkylation sites (N-methyl/N-ethyl adjacent to an activating group) is 1. The Labute approximate surface area is 124 Å². The van der Waals surface area contributed by atoms with Crippen LogP contribution >= 0.6 is 0 Å². The van der Waals surface area contributed by atoms with Crippen molar-refractivity contribution in [3.05, 3.63) is 17.7 Å². The summed E-state index contributed by atoms with van der Waals surface area (Å²) in [5.74, 6) is 0.781. The fraction of sp³-hybridized carbons (Fsp3) is 0.600. The number of rotatable bonds is 3. The van der Waals surface area contributed by atoms with Crippen LogP contribution in [0.1, 0.15) is 39.3 Å². The highest BCUT2D eigenvalue weighted by Gasteiger charge is 2.45. The third-order valence-corrected chi connectivity index (χ3v) is 4.37. The predicted molar refractivity (Wildman–Crippen MR) is 80.3 cm³/mol. The van der Waals surface area contributed by atoms with Crippen LogP contribution in [0.3, 0.4) is 0 Å². The first-order chi connectivity index (χ1) is 9.97. The summed E-state index contributed by atoms with van der Waals surface area (Å²) in [6, 6.07) is 3.80. The molecule has 1 aliphatic rings. The zero-order chi connectivity index (χ0) is 15.2. The Kier molecular flexibility index (Phi) is 3.37. The number of hydrogen-bond acceptors (Lipinski definition) is 5. The second kappa shape index (κ2) is 4.96. The number of fused-ring (bicyclic) bond motifs is 2. The second-order valence-electron chi connectivity index (χ2n) is 6.04. The van der Waals surface area contributed by atoms with Gasteiger partial charge in [0.15, 0.2) is 0 Å². The minimum Gasteiger partial charge on any atom is -0.485 e. The summed E-state index contributed by atoms with van der Waals surface area (Å²) in [6.07, 6.45) is -0.599. The van der Waals surface area contributed by atoms with E-state index in [1.54, 1.807) is 0 Å². The summed E-state index contributed by atoms with van der Waals surface area (Å²) in [4.78, 5) is 2.25. The number of benzene rings is 1. The van der Waals surface area contributed by atoms with Crippen molar-refractivity contribution in [1.82, 2.24) is 20.3 Å². The molecule has 1 aliphatic heterocycles. The average Bonchev–Trinajstić information content (AvgIpc) is 2.89. The number of hydrogen-bond donors (Lipinski definition) is 2. The summed E-state index contributed by atoms with van der Waals surface area (Å²) in [5.41, 5.74) is 1.99. The van der Waals surface area contributed by atoms with Gasteiger partial charge in [0.25, 0.3) is 0 Å².